The summed E-state index contributed by atoms with van der Waals surface area (Å²) in [7, 11) is 0. The topological polar surface area (TPSA) is 55.6 Å². The maximum atomic E-state index is 12.5. The molecule has 0 aromatic heterocycles. The molecule has 0 radical (unpaired) electrons. The highest BCUT2D eigenvalue weighted by Crippen LogP contribution is 2.36. The quantitative estimate of drug-likeness (QED) is 0.904. The van der Waals surface area contributed by atoms with E-state index in [4.69, 9.17) is 10.5 Å². The van der Waals surface area contributed by atoms with Crippen molar-refractivity contribution >= 4 is 11.6 Å². The summed E-state index contributed by atoms with van der Waals surface area (Å²) < 4.78 is 5.87. The second kappa shape index (κ2) is 5.61. The Bertz CT molecular complexity index is 471. The number of nitrogens with zero attached hydrogens (tertiary/aromatic N) is 1. The predicted molar refractivity (Wildman–Crippen MR) is 76.5 cm³/mol. The first-order valence-corrected chi connectivity index (χ1v) is 6.83. The molecule has 1 aliphatic heterocycles. The number of carbonyl (C=O) groups excluding carboxylic acids is 1. The van der Waals surface area contributed by atoms with Crippen molar-refractivity contribution in [3.63, 3.8) is 0 Å². The van der Waals surface area contributed by atoms with Crippen LogP contribution in [0.3, 0.4) is 0 Å². The van der Waals surface area contributed by atoms with Crippen molar-refractivity contribution in [2.45, 2.75) is 33.3 Å². The highest BCUT2D eigenvalue weighted by atomic mass is 16.5. The van der Waals surface area contributed by atoms with Crippen LogP contribution in [-0.2, 0) is 4.79 Å². The Balaban J connectivity index is 2.37. The van der Waals surface area contributed by atoms with E-state index < -0.39 is 6.10 Å². The molecule has 2 N–H and O–H groups in total. The molecule has 0 bridgehead atoms. The number of carbonyl (C=O) groups is 1. The lowest BCUT2D eigenvalue weighted by Gasteiger charge is -2.36. The normalized spacial score (nSPS) is 18.5. The van der Waals surface area contributed by atoms with Gasteiger partial charge in [-0.25, -0.2) is 0 Å². The summed E-state index contributed by atoms with van der Waals surface area (Å²) in [5, 5.41) is 0. The van der Waals surface area contributed by atoms with Crippen LogP contribution in [0, 0.1) is 12.8 Å². The minimum absolute atomic E-state index is 0.0415. The van der Waals surface area contributed by atoms with Crippen molar-refractivity contribution in [1.29, 1.82) is 0 Å². The molecule has 1 aromatic carbocycles. The van der Waals surface area contributed by atoms with E-state index in [1.165, 1.54) is 0 Å². The molecule has 1 unspecified atom stereocenters. The van der Waals surface area contributed by atoms with Gasteiger partial charge in [0, 0.05) is 6.54 Å². The first-order chi connectivity index (χ1) is 9.04. The van der Waals surface area contributed by atoms with Gasteiger partial charge in [0.2, 0.25) is 0 Å². The molecule has 104 valence electrons. The van der Waals surface area contributed by atoms with Gasteiger partial charge in [0.1, 0.15) is 5.75 Å². The number of nitrogens with two attached hydrogens (primary N) is 1. The first-order valence-electron chi connectivity index (χ1n) is 6.83. The monoisotopic (exact) mass is 262 g/mol. The van der Waals surface area contributed by atoms with Crippen LogP contribution in [-0.4, -0.2) is 25.1 Å². The molecule has 1 aromatic rings. The fourth-order valence-corrected chi connectivity index (χ4v) is 2.30. The lowest BCUT2D eigenvalue weighted by atomic mass is 10.0. The van der Waals surface area contributed by atoms with Gasteiger partial charge in [-0.2, -0.15) is 0 Å². The Morgan fingerprint density at radius 2 is 2.16 bits per heavy atom. The van der Waals surface area contributed by atoms with Crippen LogP contribution in [0.4, 0.5) is 5.69 Å². The lowest BCUT2D eigenvalue weighted by Crippen LogP contribution is -2.49. The molecule has 0 fully saturated rings. The van der Waals surface area contributed by atoms with E-state index in [9.17, 15) is 4.79 Å². The van der Waals surface area contributed by atoms with Gasteiger partial charge in [-0.15, -0.1) is 0 Å². The Morgan fingerprint density at radius 3 is 2.79 bits per heavy atom. The Morgan fingerprint density at radius 1 is 1.42 bits per heavy atom. The minimum atomic E-state index is -0.396. The van der Waals surface area contributed by atoms with Crippen molar-refractivity contribution in [3.8, 4) is 5.75 Å². The molecule has 19 heavy (non-hydrogen) atoms. The van der Waals surface area contributed by atoms with Crippen molar-refractivity contribution in [1.82, 2.24) is 0 Å². The summed E-state index contributed by atoms with van der Waals surface area (Å²) in [6.07, 6.45) is 0.399. The number of hydrogen-bond acceptors (Lipinski definition) is 3. The summed E-state index contributed by atoms with van der Waals surface area (Å²) in [6, 6.07) is 5.95. The molecule has 4 heteroatoms. The highest BCUT2D eigenvalue weighted by molar-refractivity contribution is 6.00. The van der Waals surface area contributed by atoms with Crippen molar-refractivity contribution in [2.75, 3.05) is 18.0 Å². The number of rotatable bonds is 4. The fourth-order valence-electron chi connectivity index (χ4n) is 2.30. The van der Waals surface area contributed by atoms with E-state index >= 15 is 0 Å². The Kier molecular flexibility index (Phi) is 4.10. The van der Waals surface area contributed by atoms with Crippen LogP contribution < -0.4 is 15.4 Å². The number of benzene rings is 1. The molecule has 1 atom stereocenters. The number of hydrogen-bond donors (Lipinski definition) is 1. The van der Waals surface area contributed by atoms with Crippen LogP contribution >= 0.6 is 0 Å². The van der Waals surface area contributed by atoms with Gasteiger partial charge in [0.05, 0.1) is 5.69 Å². The van der Waals surface area contributed by atoms with Crippen molar-refractivity contribution in [3.05, 3.63) is 23.8 Å². The zero-order chi connectivity index (χ0) is 14.0. The van der Waals surface area contributed by atoms with Gasteiger partial charge in [-0.1, -0.05) is 19.9 Å². The molecular weight excluding hydrogens is 240 g/mol. The van der Waals surface area contributed by atoms with Crippen LogP contribution in [0.5, 0.6) is 5.75 Å². The molecule has 1 amide bonds. The van der Waals surface area contributed by atoms with Crippen molar-refractivity contribution < 1.29 is 9.53 Å². The average Bonchev–Trinajstić information content (AvgIpc) is 2.37. The number of fused-ring (bicyclic) bond motifs is 1. The van der Waals surface area contributed by atoms with Crippen molar-refractivity contribution in [2.24, 2.45) is 11.7 Å². The van der Waals surface area contributed by atoms with Gasteiger partial charge in [-0.05, 0) is 43.5 Å². The van der Waals surface area contributed by atoms with Gasteiger partial charge in [0.15, 0.2) is 6.10 Å². The van der Waals surface area contributed by atoms with E-state index in [0.29, 0.717) is 13.1 Å². The number of anilines is 1. The van der Waals surface area contributed by atoms with Crippen LogP contribution in [0.15, 0.2) is 18.2 Å². The Hall–Kier alpha value is -1.55. The predicted octanol–water partition coefficient (Wildman–Crippen LogP) is 2.09. The number of ether oxygens (including phenoxy) is 1. The zero-order valence-corrected chi connectivity index (χ0v) is 11.8. The minimum Gasteiger partial charge on any atom is -0.478 e. The smallest absolute Gasteiger partial charge is 0.268 e. The summed E-state index contributed by atoms with van der Waals surface area (Å²) in [5.74, 6) is 0.997. The summed E-state index contributed by atoms with van der Waals surface area (Å²) in [6.45, 7) is 7.26. The molecular formula is C15H22N2O2. The molecule has 1 aliphatic rings. The maximum absolute atomic E-state index is 12.5. The molecule has 0 saturated heterocycles. The standard InChI is InChI=1S/C15H22N2O2/c1-10(2)14-15(18)17(8-4-7-16)12-6-5-11(3)9-13(12)19-14/h5-6,9-10,14H,4,7-8,16H2,1-3H3. The van der Waals surface area contributed by atoms with E-state index in [-0.39, 0.29) is 11.8 Å². The largest absolute Gasteiger partial charge is 0.478 e. The highest BCUT2D eigenvalue weighted by Gasteiger charge is 2.35. The van der Waals surface area contributed by atoms with Crippen LogP contribution in [0.1, 0.15) is 25.8 Å². The molecule has 0 aliphatic carbocycles. The van der Waals surface area contributed by atoms with Gasteiger partial charge < -0.3 is 15.4 Å². The summed E-state index contributed by atoms with van der Waals surface area (Å²) in [5.41, 5.74) is 7.56. The fraction of sp³-hybridized carbons (Fsp3) is 0.533. The SMILES string of the molecule is Cc1ccc2c(c1)OC(C(C)C)C(=O)N2CCCN. The zero-order valence-electron chi connectivity index (χ0n) is 11.8. The third-order valence-electron chi connectivity index (χ3n) is 3.36. The lowest BCUT2D eigenvalue weighted by molar-refractivity contribution is -0.128. The number of aryl methyl sites for hydroxylation is 1. The van der Waals surface area contributed by atoms with Gasteiger partial charge in [0.25, 0.3) is 5.91 Å². The van der Waals surface area contributed by atoms with Gasteiger partial charge >= 0.3 is 0 Å². The number of amides is 1. The average molecular weight is 262 g/mol. The third kappa shape index (κ3) is 2.73. The van der Waals surface area contributed by atoms with E-state index in [0.717, 1.165) is 23.4 Å². The van der Waals surface area contributed by atoms with E-state index in [2.05, 4.69) is 0 Å². The summed E-state index contributed by atoms with van der Waals surface area (Å²) >= 11 is 0. The van der Waals surface area contributed by atoms with E-state index in [1.54, 1.807) is 0 Å². The molecule has 4 nitrogen and oxygen atoms in total. The Labute approximate surface area is 114 Å². The van der Waals surface area contributed by atoms with Crippen LogP contribution in [0.25, 0.3) is 0 Å². The van der Waals surface area contributed by atoms with Crippen LogP contribution in [0.2, 0.25) is 0 Å². The second-order valence-corrected chi connectivity index (χ2v) is 5.39. The second-order valence-electron chi connectivity index (χ2n) is 5.39. The first kappa shape index (κ1) is 13.9. The molecule has 0 saturated carbocycles. The summed E-state index contributed by atoms with van der Waals surface area (Å²) in [4.78, 5) is 14.3. The van der Waals surface area contributed by atoms with Gasteiger partial charge in [-0.3, -0.25) is 4.79 Å². The molecule has 1 heterocycles. The molecule has 0 spiro atoms. The van der Waals surface area contributed by atoms with E-state index in [1.807, 2.05) is 43.9 Å². The third-order valence-corrected chi connectivity index (χ3v) is 3.36. The molecule has 2 rings (SSSR count). The maximum Gasteiger partial charge on any atom is 0.268 e.